The Morgan fingerprint density at radius 3 is 2.47 bits per heavy atom. The summed E-state index contributed by atoms with van der Waals surface area (Å²) in [4.78, 5) is 24.5. The van der Waals surface area contributed by atoms with Crippen LogP contribution in [0.25, 0.3) is 0 Å². The van der Waals surface area contributed by atoms with Crippen LogP contribution in [0.3, 0.4) is 0 Å². The van der Waals surface area contributed by atoms with Crippen molar-refractivity contribution in [3.63, 3.8) is 0 Å². The monoisotopic (exact) mass is 244 g/mol. The smallest absolute Gasteiger partial charge is 0.326 e. The quantitative estimate of drug-likeness (QED) is 0.557. The second-order valence-electron chi connectivity index (χ2n) is 4.27. The Balaban J connectivity index is 2.23. The van der Waals surface area contributed by atoms with Crippen molar-refractivity contribution in [2.75, 3.05) is 26.2 Å². The van der Waals surface area contributed by atoms with E-state index in [1.54, 1.807) is 0 Å². The van der Waals surface area contributed by atoms with Crippen molar-refractivity contribution in [3.05, 3.63) is 0 Å². The zero-order chi connectivity index (χ0) is 12.7. The molecule has 1 saturated heterocycles. The van der Waals surface area contributed by atoms with Gasteiger partial charge in [-0.15, -0.1) is 0 Å². The van der Waals surface area contributed by atoms with E-state index >= 15 is 0 Å². The fraction of sp³-hybridized carbons (Fsp3) is 0.818. The van der Waals surface area contributed by atoms with Crippen LogP contribution in [0.15, 0.2) is 0 Å². The summed E-state index contributed by atoms with van der Waals surface area (Å²) in [7, 11) is 0. The van der Waals surface area contributed by atoms with E-state index in [0.717, 1.165) is 13.1 Å². The van der Waals surface area contributed by atoms with Crippen LogP contribution in [0, 0.1) is 0 Å². The van der Waals surface area contributed by atoms with Gasteiger partial charge in [0.2, 0.25) is 5.91 Å². The summed E-state index contributed by atoms with van der Waals surface area (Å²) in [6.45, 7) is 2.47. The van der Waals surface area contributed by atoms with Crippen LogP contribution in [-0.2, 0) is 9.59 Å². The minimum Gasteiger partial charge on any atom is -0.480 e. The van der Waals surface area contributed by atoms with Gasteiger partial charge in [0.05, 0.1) is 0 Å². The standard InChI is InChI=1S/C11H20N2O4/c14-8-4-9(11(16)17)12-10(15)3-7-13-5-1-2-6-13/h9,14H,1-8H2,(H,12,15)(H,16,17). The zero-order valence-corrected chi connectivity index (χ0v) is 9.89. The number of carboxylic acids is 1. The number of nitrogens with zero attached hydrogens (tertiary/aromatic N) is 1. The zero-order valence-electron chi connectivity index (χ0n) is 9.89. The molecule has 0 spiro atoms. The van der Waals surface area contributed by atoms with Crippen LogP contribution >= 0.6 is 0 Å². The predicted octanol–water partition coefficient (Wildman–Crippen LogP) is -0.576. The Morgan fingerprint density at radius 2 is 1.94 bits per heavy atom. The number of nitrogens with one attached hydrogen (secondary N) is 1. The first kappa shape index (κ1) is 13.9. The minimum absolute atomic E-state index is 0.0464. The number of aliphatic hydroxyl groups excluding tert-OH is 1. The Kier molecular flexibility index (Phi) is 5.93. The van der Waals surface area contributed by atoms with Crippen LogP contribution in [0.1, 0.15) is 25.7 Å². The Bertz CT molecular complexity index is 264. The minimum atomic E-state index is -1.10. The molecule has 1 aliphatic heterocycles. The number of rotatable bonds is 7. The van der Waals surface area contributed by atoms with E-state index < -0.39 is 12.0 Å². The molecule has 1 heterocycles. The number of hydrogen-bond donors (Lipinski definition) is 3. The normalized spacial score (nSPS) is 17.9. The number of aliphatic carboxylic acids is 1. The van der Waals surface area contributed by atoms with Gasteiger partial charge in [-0.2, -0.15) is 0 Å². The van der Waals surface area contributed by atoms with Crippen molar-refractivity contribution in [2.24, 2.45) is 0 Å². The topological polar surface area (TPSA) is 89.9 Å². The van der Waals surface area contributed by atoms with Crippen molar-refractivity contribution in [3.8, 4) is 0 Å². The second kappa shape index (κ2) is 7.24. The van der Waals surface area contributed by atoms with Crippen LogP contribution in [-0.4, -0.2) is 59.3 Å². The molecule has 3 N–H and O–H groups in total. The van der Waals surface area contributed by atoms with Crippen LogP contribution in [0.5, 0.6) is 0 Å². The van der Waals surface area contributed by atoms with E-state index in [1.165, 1.54) is 12.8 Å². The van der Waals surface area contributed by atoms with Gasteiger partial charge in [-0.1, -0.05) is 0 Å². The highest BCUT2D eigenvalue weighted by Crippen LogP contribution is 2.07. The molecule has 6 heteroatoms. The molecule has 98 valence electrons. The highest BCUT2D eigenvalue weighted by atomic mass is 16.4. The summed E-state index contributed by atoms with van der Waals surface area (Å²) >= 11 is 0. The Morgan fingerprint density at radius 1 is 1.29 bits per heavy atom. The van der Waals surface area contributed by atoms with Crippen molar-refractivity contribution >= 4 is 11.9 Å². The first-order valence-corrected chi connectivity index (χ1v) is 5.99. The molecule has 0 aromatic rings. The molecule has 0 bridgehead atoms. The summed E-state index contributed by atoms with van der Waals surface area (Å²) in [5, 5.41) is 19.9. The van der Waals surface area contributed by atoms with Gasteiger partial charge in [-0.3, -0.25) is 4.79 Å². The van der Waals surface area contributed by atoms with E-state index in [9.17, 15) is 9.59 Å². The third-order valence-electron chi connectivity index (χ3n) is 2.90. The molecule has 6 nitrogen and oxygen atoms in total. The van der Waals surface area contributed by atoms with Crippen LogP contribution in [0.4, 0.5) is 0 Å². The second-order valence-corrected chi connectivity index (χ2v) is 4.27. The number of carbonyl (C=O) groups excluding carboxylic acids is 1. The van der Waals surface area contributed by atoms with E-state index in [4.69, 9.17) is 10.2 Å². The molecule has 17 heavy (non-hydrogen) atoms. The van der Waals surface area contributed by atoms with Gasteiger partial charge in [-0.05, 0) is 25.9 Å². The van der Waals surface area contributed by atoms with Crippen LogP contribution < -0.4 is 5.32 Å². The molecule has 0 aromatic heterocycles. The van der Waals surface area contributed by atoms with Gasteiger partial charge in [-0.25, -0.2) is 4.79 Å². The molecule has 1 atom stereocenters. The highest BCUT2D eigenvalue weighted by molar-refractivity contribution is 5.83. The Hall–Kier alpha value is -1.14. The lowest BCUT2D eigenvalue weighted by molar-refractivity contribution is -0.142. The first-order valence-electron chi connectivity index (χ1n) is 5.99. The fourth-order valence-electron chi connectivity index (χ4n) is 1.92. The fourth-order valence-corrected chi connectivity index (χ4v) is 1.92. The lowest BCUT2D eigenvalue weighted by atomic mass is 10.2. The third-order valence-corrected chi connectivity index (χ3v) is 2.90. The van der Waals surface area contributed by atoms with E-state index in [0.29, 0.717) is 13.0 Å². The SMILES string of the molecule is O=C(CCN1CCCC1)NC(CCO)C(=O)O. The van der Waals surface area contributed by atoms with Crippen molar-refractivity contribution in [2.45, 2.75) is 31.7 Å². The molecule has 0 saturated carbocycles. The molecular weight excluding hydrogens is 224 g/mol. The van der Waals surface area contributed by atoms with E-state index in [1.807, 2.05) is 0 Å². The van der Waals surface area contributed by atoms with E-state index in [2.05, 4.69) is 10.2 Å². The van der Waals surface area contributed by atoms with Gasteiger partial charge < -0.3 is 20.4 Å². The number of hydrogen-bond acceptors (Lipinski definition) is 4. The first-order chi connectivity index (χ1) is 8.13. The molecule has 0 aromatic carbocycles. The summed E-state index contributed by atoms with van der Waals surface area (Å²) in [5.41, 5.74) is 0. The van der Waals surface area contributed by atoms with Crippen LogP contribution in [0.2, 0.25) is 0 Å². The van der Waals surface area contributed by atoms with Gasteiger partial charge in [0, 0.05) is 26.0 Å². The summed E-state index contributed by atoms with van der Waals surface area (Å²) in [6, 6.07) is -0.980. The number of carboxylic acid groups (broad SMARTS) is 1. The summed E-state index contributed by atoms with van der Waals surface area (Å²) in [5.74, 6) is -1.37. The molecule has 0 aliphatic carbocycles. The number of amides is 1. The number of aliphatic hydroxyl groups is 1. The number of carbonyl (C=O) groups is 2. The third kappa shape index (κ3) is 5.14. The Labute approximate surface area is 101 Å². The summed E-state index contributed by atoms with van der Waals surface area (Å²) in [6.07, 6.45) is 2.70. The molecule has 0 radical (unpaired) electrons. The van der Waals surface area contributed by atoms with Crippen molar-refractivity contribution in [1.29, 1.82) is 0 Å². The van der Waals surface area contributed by atoms with Crippen molar-refractivity contribution < 1.29 is 19.8 Å². The summed E-state index contributed by atoms with van der Waals surface area (Å²) < 4.78 is 0. The maximum atomic E-state index is 11.5. The predicted molar refractivity (Wildman–Crippen MR) is 61.6 cm³/mol. The maximum absolute atomic E-state index is 11.5. The average molecular weight is 244 g/mol. The van der Waals surface area contributed by atoms with Crippen molar-refractivity contribution in [1.82, 2.24) is 10.2 Å². The average Bonchev–Trinajstić information content (AvgIpc) is 2.78. The molecular formula is C11H20N2O4. The molecule has 1 amide bonds. The largest absolute Gasteiger partial charge is 0.480 e. The lowest BCUT2D eigenvalue weighted by Crippen LogP contribution is -2.42. The van der Waals surface area contributed by atoms with E-state index in [-0.39, 0.29) is 18.9 Å². The molecule has 1 aliphatic rings. The maximum Gasteiger partial charge on any atom is 0.326 e. The lowest BCUT2D eigenvalue weighted by Gasteiger charge is -2.16. The number of likely N-dealkylation sites (tertiary alicyclic amines) is 1. The van der Waals surface area contributed by atoms with Gasteiger partial charge in [0.15, 0.2) is 0 Å². The van der Waals surface area contributed by atoms with Gasteiger partial charge in [0.1, 0.15) is 6.04 Å². The van der Waals surface area contributed by atoms with Gasteiger partial charge >= 0.3 is 5.97 Å². The molecule has 1 fully saturated rings. The van der Waals surface area contributed by atoms with Gasteiger partial charge in [0.25, 0.3) is 0 Å². The molecule has 1 rings (SSSR count). The molecule has 1 unspecified atom stereocenters. The highest BCUT2D eigenvalue weighted by Gasteiger charge is 2.20.